The Balaban J connectivity index is 1.92. The lowest BCUT2D eigenvalue weighted by Crippen LogP contribution is -2.52. The van der Waals surface area contributed by atoms with Gasteiger partial charge < -0.3 is 5.32 Å². The second-order valence-electron chi connectivity index (χ2n) is 5.78. The van der Waals surface area contributed by atoms with Crippen LogP contribution in [0.15, 0.2) is 35.7 Å². The summed E-state index contributed by atoms with van der Waals surface area (Å²) in [7, 11) is -3.84. The highest BCUT2D eigenvalue weighted by Crippen LogP contribution is 2.31. The number of imide groups is 1. The third-order valence-electron chi connectivity index (χ3n) is 3.88. The van der Waals surface area contributed by atoms with Crippen LogP contribution in [0.3, 0.4) is 0 Å². The van der Waals surface area contributed by atoms with E-state index < -0.39 is 22.0 Å². The largest absolute Gasteiger partial charge is 0.334 e. The fraction of sp³-hybridized carbons (Fsp3) is 0.375. The molecule has 1 aliphatic heterocycles. The zero-order valence-corrected chi connectivity index (χ0v) is 16.8. The van der Waals surface area contributed by atoms with Crippen molar-refractivity contribution in [3.63, 3.8) is 0 Å². The van der Waals surface area contributed by atoms with Gasteiger partial charge in [0.1, 0.15) is 4.90 Å². The first-order chi connectivity index (χ1) is 12.8. The number of benzene rings is 1. The zero-order valence-electron chi connectivity index (χ0n) is 14.5. The first kappa shape index (κ1) is 21.6. The number of nitrogens with one attached hydrogen (secondary N) is 2. The average Bonchev–Trinajstić information content (AvgIpc) is 2.60. The van der Waals surface area contributed by atoms with Gasteiger partial charge in [-0.15, -0.1) is 6.58 Å². The Bertz CT molecular complexity index is 803. The quantitative estimate of drug-likeness (QED) is 0.657. The molecular formula is C16H20Cl2N4O4S. The van der Waals surface area contributed by atoms with Crippen molar-refractivity contribution in [2.45, 2.75) is 4.90 Å². The summed E-state index contributed by atoms with van der Waals surface area (Å²) in [4.78, 5) is 25.0. The maximum atomic E-state index is 12.8. The minimum Gasteiger partial charge on any atom is -0.334 e. The SMILES string of the molecule is C=CCNC(=O)NC(=O)CN1CCN(S(=O)(=O)c2c(Cl)cccc2Cl)CC1. The first-order valence-corrected chi connectivity index (χ1v) is 10.3. The molecule has 0 spiro atoms. The molecule has 1 fully saturated rings. The van der Waals surface area contributed by atoms with E-state index in [1.807, 2.05) is 0 Å². The van der Waals surface area contributed by atoms with Crippen molar-refractivity contribution in [1.82, 2.24) is 19.8 Å². The van der Waals surface area contributed by atoms with Crippen molar-refractivity contribution in [1.29, 1.82) is 0 Å². The molecule has 3 amide bonds. The number of piperazine rings is 1. The molecule has 11 heteroatoms. The average molecular weight is 435 g/mol. The minimum absolute atomic E-state index is 0.0117. The Labute approximate surface area is 168 Å². The third kappa shape index (κ3) is 5.66. The van der Waals surface area contributed by atoms with Gasteiger partial charge >= 0.3 is 6.03 Å². The summed E-state index contributed by atoms with van der Waals surface area (Å²) >= 11 is 12.0. The van der Waals surface area contributed by atoms with Crippen molar-refractivity contribution < 1.29 is 18.0 Å². The summed E-state index contributed by atoms with van der Waals surface area (Å²) in [5.41, 5.74) is 0. The van der Waals surface area contributed by atoms with Crippen LogP contribution >= 0.6 is 23.2 Å². The molecule has 27 heavy (non-hydrogen) atoms. The summed E-state index contributed by atoms with van der Waals surface area (Å²) in [5.74, 6) is -0.470. The van der Waals surface area contributed by atoms with Gasteiger partial charge in [0.05, 0.1) is 16.6 Å². The first-order valence-electron chi connectivity index (χ1n) is 8.11. The van der Waals surface area contributed by atoms with Gasteiger partial charge in [-0.2, -0.15) is 4.31 Å². The van der Waals surface area contributed by atoms with E-state index >= 15 is 0 Å². The van der Waals surface area contributed by atoms with Gasteiger partial charge in [0.25, 0.3) is 0 Å². The lowest BCUT2D eigenvalue weighted by molar-refractivity contribution is -0.121. The van der Waals surface area contributed by atoms with Crippen LogP contribution in [0.2, 0.25) is 10.0 Å². The molecule has 0 atom stereocenters. The second-order valence-corrected chi connectivity index (χ2v) is 8.47. The summed E-state index contributed by atoms with van der Waals surface area (Å²) in [5, 5.41) is 4.76. The highest BCUT2D eigenvalue weighted by molar-refractivity contribution is 7.89. The van der Waals surface area contributed by atoms with Crippen LogP contribution in [0, 0.1) is 0 Å². The molecule has 0 radical (unpaired) electrons. The highest BCUT2D eigenvalue weighted by atomic mass is 35.5. The normalized spacial score (nSPS) is 15.9. The fourth-order valence-electron chi connectivity index (χ4n) is 2.56. The van der Waals surface area contributed by atoms with Crippen molar-refractivity contribution in [2.75, 3.05) is 39.3 Å². The van der Waals surface area contributed by atoms with E-state index in [0.717, 1.165) is 0 Å². The molecule has 0 saturated carbocycles. The maximum Gasteiger partial charge on any atom is 0.321 e. The fourth-order valence-corrected chi connectivity index (χ4v) is 5.08. The smallest absolute Gasteiger partial charge is 0.321 e. The second kappa shape index (κ2) is 9.52. The van der Waals surface area contributed by atoms with E-state index in [4.69, 9.17) is 23.2 Å². The molecular weight excluding hydrogens is 415 g/mol. The number of halogens is 2. The van der Waals surface area contributed by atoms with Crippen LogP contribution in [-0.4, -0.2) is 68.8 Å². The van der Waals surface area contributed by atoms with Crippen molar-refractivity contribution in [2.24, 2.45) is 0 Å². The Hall–Kier alpha value is -1.65. The molecule has 1 heterocycles. The van der Waals surface area contributed by atoms with Crippen LogP contribution in [0.5, 0.6) is 0 Å². The number of urea groups is 1. The van der Waals surface area contributed by atoms with Crippen LogP contribution in [0.1, 0.15) is 0 Å². The minimum atomic E-state index is -3.84. The van der Waals surface area contributed by atoms with Gasteiger partial charge in [0.2, 0.25) is 15.9 Å². The van der Waals surface area contributed by atoms with E-state index in [9.17, 15) is 18.0 Å². The number of nitrogens with zero attached hydrogens (tertiary/aromatic N) is 2. The number of carbonyl (C=O) groups is 2. The van der Waals surface area contributed by atoms with E-state index in [2.05, 4.69) is 17.2 Å². The van der Waals surface area contributed by atoms with Crippen molar-refractivity contribution in [3.8, 4) is 0 Å². The topological polar surface area (TPSA) is 98.8 Å². The molecule has 0 aromatic heterocycles. The van der Waals surface area contributed by atoms with Gasteiger partial charge in [0, 0.05) is 32.7 Å². The van der Waals surface area contributed by atoms with Gasteiger partial charge in [-0.25, -0.2) is 13.2 Å². The van der Waals surface area contributed by atoms with Gasteiger partial charge in [0.15, 0.2) is 0 Å². The van der Waals surface area contributed by atoms with Crippen LogP contribution < -0.4 is 10.6 Å². The molecule has 0 aliphatic carbocycles. The number of carbonyl (C=O) groups excluding carboxylic acids is 2. The number of hydrogen-bond acceptors (Lipinski definition) is 5. The monoisotopic (exact) mass is 434 g/mol. The Morgan fingerprint density at radius 3 is 2.30 bits per heavy atom. The van der Waals surface area contributed by atoms with E-state index in [-0.39, 0.29) is 41.1 Å². The predicted molar refractivity (Wildman–Crippen MR) is 103 cm³/mol. The molecule has 1 aromatic rings. The lowest BCUT2D eigenvalue weighted by atomic mass is 10.3. The molecule has 1 saturated heterocycles. The third-order valence-corrected chi connectivity index (χ3v) is 6.73. The molecule has 2 N–H and O–H groups in total. The number of rotatable bonds is 6. The summed E-state index contributed by atoms with van der Waals surface area (Å²) < 4.78 is 26.9. The van der Waals surface area contributed by atoms with Gasteiger partial charge in [-0.3, -0.25) is 15.0 Å². The van der Waals surface area contributed by atoms with E-state index in [1.54, 1.807) is 11.0 Å². The predicted octanol–water partition coefficient (Wildman–Crippen LogP) is 1.31. The number of sulfonamides is 1. The Morgan fingerprint density at radius 1 is 1.15 bits per heavy atom. The molecule has 0 bridgehead atoms. The Kier molecular flexibility index (Phi) is 7.63. The zero-order chi connectivity index (χ0) is 20.0. The molecule has 1 aliphatic rings. The van der Waals surface area contributed by atoms with Crippen LogP contribution in [0.4, 0.5) is 4.79 Å². The molecule has 148 valence electrons. The standard InChI is InChI=1S/C16H20Cl2N4O4S/c1-2-6-19-16(24)20-14(23)11-21-7-9-22(10-8-21)27(25,26)15-12(17)4-3-5-13(15)18/h2-5H,1,6-11H2,(H2,19,20,23,24). The lowest BCUT2D eigenvalue weighted by Gasteiger charge is -2.33. The molecule has 2 rings (SSSR count). The Morgan fingerprint density at radius 2 is 1.74 bits per heavy atom. The molecule has 0 unspecified atom stereocenters. The van der Waals surface area contributed by atoms with Crippen LogP contribution in [0.25, 0.3) is 0 Å². The molecule has 1 aromatic carbocycles. The molecule has 8 nitrogen and oxygen atoms in total. The number of amides is 3. The summed E-state index contributed by atoms with van der Waals surface area (Å²) in [6.07, 6.45) is 1.50. The van der Waals surface area contributed by atoms with Gasteiger partial charge in [-0.1, -0.05) is 35.3 Å². The van der Waals surface area contributed by atoms with Crippen molar-refractivity contribution >= 4 is 45.2 Å². The van der Waals surface area contributed by atoms with Crippen molar-refractivity contribution in [3.05, 3.63) is 40.9 Å². The van der Waals surface area contributed by atoms with E-state index in [1.165, 1.54) is 22.5 Å². The number of hydrogen-bond donors (Lipinski definition) is 2. The van der Waals surface area contributed by atoms with Crippen LogP contribution in [-0.2, 0) is 14.8 Å². The summed E-state index contributed by atoms with van der Waals surface area (Å²) in [6, 6.07) is 3.91. The van der Waals surface area contributed by atoms with E-state index in [0.29, 0.717) is 13.1 Å². The van der Waals surface area contributed by atoms with Gasteiger partial charge in [-0.05, 0) is 12.1 Å². The maximum absolute atomic E-state index is 12.8. The summed E-state index contributed by atoms with van der Waals surface area (Å²) in [6.45, 7) is 4.73. The highest BCUT2D eigenvalue weighted by Gasteiger charge is 2.32.